The number of halogens is 2. The lowest BCUT2D eigenvalue weighted by atomic mass is 10.0. The molecule has 0 heterocycles. The third-order valence-corrected chi connectivity index (χ3v) is 2.79. The van der Waals surface area contributed by atoms with Gasteiger partial charge in [-0.05, 0) is 12.1 Å². The number of aliphatic hydroxyl groups excluding tert-OH is 2. The Hall–Kier alpha value is -0.290. The second-order valence-electron chi connectivity index (χ2n) is 2.94. The minimum absolute atomic E-state index is 0.288. The highest BCUT2D eigenvalue weighted by atomic mass is 79.9. The molecule has 0 bridgehead atoms. The molecule has 0 radical (unpaired) electrons. The molecule has 78 valence electrons. The van der Waals surface area contributed by atoms with Crippen molar-refractivity contribution in [1.29, 1.82) is 0 Å². The lowest BCUT2D eigenvalue weighted by Gasteiger charge is -2.17. The molecular weight excluding hydrogens is 269 g/mol. The third kappa shape index (κ3) is 2.60. The van der Waals surface area contributed by atoms with Gasteiger partial charge in [-0.3, -0.25) is 0 Å². The van der Waals surface area contributed by atoms with E-state index < -0.39 is 12.2 Å². The number of rotatable bonds is 3. The van der Waals surface area contributed by atoms with Crippen molar-refractivity contribution in [2.75, 3.05) is 11.1 Å². The number of anilines is 1. The molecule has 5 heteroatoms. The van der Waals surface area contributed by atoms with Crippen molar-refractivity contribution in [1.82, 2.24) is 0 Å². The van der Waals surface area contributed by atoms with E-state index in [4.69, 9.17) is 17.3 Å². The molecular formula is C9H11BrClNO2. The molecule has 2 atom stereocenters. The molecule has 1 aromatic carbocycles. The van der Waals surface area contributed by atoms with Crippen LogP contribution >= 0.6 is 27.5 Å². The number of nitrogen functional groups attached to an aromatic ring is 1. The number of benzene rings is 1. The monoisotopic (exact) mass is 279 g/mol. The van der Waals surface area contributed by atoms with Gasteiger partial charge in [-0.1, -0.05) is 33.6 Å². The predicted octanol–water partition coefficient (Wildman–Crippen LogP) is 1.71. The Morgan fingerprint density at radius 1 is 1.43 bits per heavy atom. The molecule has 2 unspecified atom stereocenters. The minimum atomic E-state index is -0.994. The first kappa shape index (κ1) is 11.8. The van der Waals surface area contributed by atoms with Gasteiger partial charge in [-0.2, -0.15) is 0 Å². The molecule has 1 rings (SSSR count). The Morgan fingerprint density at radius 3 is 2.57 bits per heavy atom. The van der Waals surface area contributed by atoms with Gasteiger partial charge >= 0.3 is 0 Å². The van der Waals surface area contributed by atoms with Crippen LogP contribution in [0.5, 0.6) is 0 Å². The zero-order valence-corrected chi connectivity index (χ0v) is 9.66. The van der Waals surface area contributed by atoms with Gasteiger partial charge in [0, 0.05) is 21.6 Å². The van der Waals surface area contributed by atoms with Gasteiger partial charge in [-0.25, -0.2) is 0 Å². The van der Waals surface area contributed by atoms with Crippen LogP contribution in [0.25, 0.3) is 0 Å². The summed E-state index contributed by atoms with van der Waals surface area (Å²) in [6, 6.07) is 4.77. The van der Waals surface area contributed by atoms with E-state index in [1.165, 1.54) is 0 Å². The van der Waals surface area contributed by atoms with Crippen molar-refractivity contribution in [3.63, 3.8) is 0 Å². The maximum atomic E-state index is 9.66. The first-order valence-corrected chi connectivity index (χ1v) is 5.53. The predicted molar refractivity (Wildman–Crippen MR) is 60.6 cm³/mol. The van der Waals surface area contributed by atoms with E-state index in [1.54, 1.807) is 18.2 Å². The largest absolute Gasteiger partial charge is 0.398 e. The molecule has 0 saturated heterocycles. The summed E-state index contributed by atoms with van der Waals surface area (Å²) in [7, 11) is 0. The van der Waals surface area contributed by atoms with Crippen LogP contribution in [0.4, 0.5) is 5.69 Å². The molecule has 0 saturated carbocycles. The second-order valence-corrected chi connectivity index (χ2v) is 4.02. The molecule has 4 N–H and O–H groups in total. The summed E-state index contributed by atoms with van der Waals surface area (Å²) in [5.74, 6) is 0. The van der Waals surface area contributed by atoms with Crippen LogP contribution in [0.3, 0.4) is 0 Å². The first-order chi connectivity index (χ1) is 6.56. The van der Waals surface area contributed by atoms with Crippen molar-refractivity contribution in [2.45, 2.75) is 12.2 Å². The van der Waals surface area contributed by atoms with E-state index >= 15 is 0 Å². The molecule has 0 amide bonds. The number of hydrogen-bond acceptors (Lipinski definition) is 3. The van der Waals surface area contributed by atoms with Gasteiger partial charge in [0.05, 0.1) is 6.10 Å². The summed E-state index contributed by atoms with van der Waals surface area (Å²) in [6.07, 6.45) is -1.87. The molecule has 0 aliphatic rings. The van der Waals surface area contributed by atoms with E-state index in [0.717, 1.165) is 0 Å². The normalized spacial score (nSPS) is 15.1. The van der Waals surface area contributed by atoms with Crippen molar-refractivity contribution in [3.8, 4) is 0 Å². The van der Waals surface area contributed by atoms with Gasteiger partial charge in [0.2, 0.25) is 0 Å². The molecule has 0 aliphatic carbocycles. The van der Waals surface area contributed by atoms with Crippen LogP contribution in [0, 0.1) is 0 Å². The zero-order valence-electron chi connectivity index (χ0n) is 7.32. The lowest BCUT2D eigenvalue weighted by molar-refractivity contribution is 0.0347. The van der Waals surface area contributed by atoms with Crippen LogP contribution in [0.15, 0.2) is 18.2 Å². The van der Waals surface area contributed by atoms with Crippen LogP contribution in [-0.2, 0) is 0 Å². The molecule has 0 spiro atoms. The second kappa shape index (κ2) is 4.98. The Bertz CT molecular complexity index is 322. The summed E-state index contributed by atoms with van der Waals surface area (Å²) in [4.78, 5) is 0. The maximum absolute atomic E-state index is 9.66. The number of alkyl halides is 1. The average molecular weight is 281 g/mol. The highest BCUT2D eigenvalue weighted by molar-refractivity contribution is 9.09. The summed E-state index contributed by atoms with van der Waals surface area (Å²) in [5, 5.41) is 19.8. The number of nitrogens with two attached hydrogens (primary N) is 1. The fraction of sp³-hybridized carbons (Fsp3) is 0.333. The summed E-state index contributed by atoms with van der Waals surface area (Å²) >= 11 is 8.78. The fourth-order valence-corrected chi connectivity index (χ4v) is 1.64. The smallest absolute Gasteiger partial charge is 0.108 e. The Balaban J connectivity index is 2.95. The van der Waals surface area contributed by atoms with Gasteiger partial charge in [-0.15, -0.1) is 0 Å². The summed E-state index contributed by atoms with van der Waals surface area (Å²) in [5.41, 5.74) is 6.51. The van der Waals surface area contributed by atoms with Crippen molar-refractivity contribution in [2.24, 2.45) is 0 Å². The number of aliphatic hydroxyl groups is 2. The van der Waals surface area contributed by atoms with Gasteiger partial charge in [0.25, 0.3) is 0 Å². The maximum Gasteiger partial charge on any atom is 0.108 e. The standard InChI is InChI=1S/C9H11BrClNO2/c10-4-8(13)9(14)6-2-1-5(11)3-7(6)12/h1-3,8-9,13-14H,4,12H2. The van der Waals surface area contributed by atoms with Gasteiger partial charge in [0.15, 0.2) is 0 Å². The SMILES string of the molecule is Nc1cc(Cl)ccc1C(O)C(O)CBr. The Labute approximate surface area is 95.6 Å². The molecule has 0 aliphatic heterocycles. The van der Waals surface area contributed by atoms with E-state index in [-0.39, 0.29) is 5.33 Å². The highest BCUT2D eigenvalue weighted by Crippen LogP contribution is 2.26. The molecule has 0 aromatic heterocycles. The summed E-state index contributed by atoms with van der Waals surface area (Å²) < 4.78 is 0. The van der Waals surface area contributed by atoms with E-state index in [9.17, 15) is 10.2 Å². The fourth-order valence-electron chi connectivity index (χ4n) is 1.11. The molecule has 14 heavy (non-hydrogen) atoms. The van der Waals surface area contributed by atoms with E-state index in [2.05, 4.69) is 15.9 Å². The van der Waals surface area contributed by atoms with Crippen LogP contribution in [-0.4, -0.2) is 21.6 Å². The van der Waals surface area contributed by atoms with Crippen LogP contribution in [0.2, 0.25) is 5.02 Å². The molecule has 3 nitrogen and oxygen atoms in total. The van der Waals surface area contributed by atoms with Crippen molar-refractivity contribution >= 4 is 33.2 Å². The zero-order chi connectivity index (χ0) is 10.7. The van der Waals surface area contributed by atoms with E-state index in [1.807, 2.05) is 0 Å². The van der Waals surface area contributed by atoms with Gasteiger partial charge in [0.1, 0.15) is 6.10 Å². The highest BCUT2D eigenvalue weighted by Gasteiger charge is 2.19. The van der Waals surface area contributed by atoms with Crippen LogP contribution in [0.1, 0.15) is 11.7 Å². The Kier molecular flexibility index (Phi) is 4.19. The van der Waals surface area contributed by atoms with Crippen LogP contribution < -0.4 is 5.73 Å². The van der Waals surface area contributed by atoms with Crippen molar-refractivity contribution in [3.05, 3.63) is 28.8 Å². The minimum Gasteiger partial charge on any atom is -0.398 e. The topological polar surface area (TPSA) is 66.5 Å². The lowest BCUT2D eigenvalue weighted by Crippen LogP contribution is -2.20. The van der Waals surface area contributed by atoms with Crippen molar-refractivity contribution < 1.29 is 10.2 Å². The Morgan fingerprint density at radius 2 is 2.07 bits per heavy atom. The number of hydrogen-bond donors (Lipinski definition) is 3. The first-order valence-electron chi connectivity index (χ1n) is 4.03. The molecule has 1 aromatic rings. The summed E-state index contributed by atoms with van der Waals surface area (Å²) in [6.45, 7) is 0. The average Bonchev–Trinajstić information content (AvgIpc) is 2.15. The third-order valence-electron chi connectivity index (χ3n) is 1.89. The quantitative estimate of drug-likeness (QED) is 0.583. The molecule has 0 fully saturated rings. The van der Waals surface area contributed by atoms with E-state index in [0.29, 0.717) is 16.3 Å². The van der Waals surface area contributed by atoms with Gasteiger partial charge < -0.3 is 15.9 Å².